The van der Waals surface area contributed by atoms with Crippen LogP contribution in [0.5, 0.6) is 11.5 Å². The first-order valence-corrected chi connectivity index (χ1v) is 11.7. The monoisotopic (exact) mass is 499 g/mol. The molecule has 0 saturated heterocycles. The lowest BCUT2D eigenvalue weighted by molar-refractivity contribution is 0.122. The Morgan fingerprint density at radius 2 is 1.75 bits per heavy atom. The van der Waals surface area contributed by atoms with Gasteiger partial charge in [0.2, 0.25) is 0 Å². The smallest absolute Gasteiger partial charge is 0.163 e. The molecule has 0 atom stereocenters. The zero-order valence-electron chi connectivity index (χ0n) is 20.2. The lowest BCUT2D eigenvalue weighted by atomic mass is 9.77. The third kappa shape index (κ3) is 6.58. The highest BCUT2D eigenvalue weighted by Crippen LogP contribution is 2.38. The van der Waals surface area contributed by atoms with Crippen molar-refractivity contribution in [1.82, 2.24) is 9.97 Å². The molecule has 2 aromatic carbocycles. The van der Waals surface area contributed by atoms with Gasteiger partial charge in [-0.05, 0) is 47.9 Å². The summed E-state index contributed by atoms with van der Waals surface area (Å²) in [5, 5.41) is 4.36. The number of ether oxygens (including phenoxy) is 2. The summed E-state index contributed by atoms with van der Waals surface area (Å²) in [7, 11) is 1.66. The van der Waals surface area contributed by atoms with E-state index in [0.717, 1.165) is 33.2 Å². The molecule has 0 spiro atoms. The summed E-state index contributed by atoms with van der Waals surface area (Å²) in [6.07, 6.45) is 1.06. The summed E-state index contributed by atoms with van der Waals surface area (Å²) in [5.74, 6) is 2.88. The maximum atomic E-state index is 6.26. The number of nitrogens with zero attached hydrogens (tertiary/aromatic N) is 2. The molecule has 1 N–H and O–H groups in total. The van der Waals surface area contributed by atoms with Crippen LogP contribution in [0.1, 0.15) is 52.4 Å². The minimum atomic E-state index is 0.0382. The van der Waals surface area contributed by atoms with Gasteiger partial charge in [-0.2, -0.15) is 0 Å². The summed E-state index contributed by atoms with van der Waals surface area (Å²) in [6.45, 7) is 14.4. The van der Waals surface area contributed by atoms with Gasteiger partial charge >= 0.3 is 0 Å². The van der Waals surface area contributed by atoms with Gasteiger partial charge in [-0.25, -0.2) is 9.97 Å². The topological polar surface area (TPSA) is 56.3 Å². The number of anilines is 1. The molecule has 172 valence electrons. The predicted molar refractivity (Wildman–Crippen MR) is 136 cm³/mol. The Hall–Kier alpha value is -2.34. The number of hydrogen-bond acceptors (Lipinski definition) is 5. The van der Waals surface area contributed by atoms with Gasteiger partial charge in [-0.15, -0.1) is 0 Å². The van der Waals surface area contributed by atoms with Gasteiger partial charge in [-0.3, -0.25) is 0 Å². The summed E-state index contributed by atoms with van der Waals surface area (Å²) >= 11 is 3.53. The predicted octanol–water partition coefficient (Wildman–Crippen LogP) is 7.16. The van der Waals surface area contributed by atoms with Gasteiger partial charge < -0.3 is 14.8 Å². The Morgan fingerprint density at radius 3 is 2.41 bits per heavy atom. The van der Waals surface area contributed by atoms with Gasteiger partial charge in [0.1, 0.15) is 11.6 Å². The average molecular weight is 500 g/mol. The largest absolute Gasteiger partial charge is 0.493 e. The molecule has 1 aromatic heterocycles. The van der Waals surface area contributed by atoms with Crippen LogP contribution < -0.4 is 14.8 Å². The van der Waals surface area contributed by atoms with Gasteiger partial charge in [-0.1, -0.05) is 62.7 Å². The summed E-state index contributed by atoms with van der Waals surface area (Å²) in [6, 6.07) is 12.1. The van der Waals surface area contributed by atoms with Crippen LogP contribution >= 0.6 is 15.9 Å². The molecule has 0 radical (unpaired) electrons. The molecule has 0 aliphatic carbocycles. The standard InChI is InChI=1S/C26H34BrN3O2/c1-17-29-21-13-23(32-16-26(5,6)15-25(2,3)4)22(31-7)12-20(21)24(30-17)28-14-18-9-8-10-19(27)11-18/h8-13H,14-16H2,1-7H3,(H,28,29,30). The highest BCUT2D eigenvalue weighted by atomic mass is 79.9. The number of nitrogens with one attached hydrogen (secondary N) is 1. The number of hydrogen-bond donors (Lipinski definition) is 1. The normalized spacial score (nSPS) is 12.1. The summed E-state index contributed by atoms with van der Waals surface area (Å²) < 4.78 is 13.0. The number of rotatable bonds is 8. The van der Waals surface area contributed by atoms with Crippen molar-refractivity contribution in [1.29, 1.82) is 0 Å². The Bertz CT molecular complexity index is 1090. The van der Waals surface area contributed by atoms with E-state index in [0.29, 0.717) is 30.5 Å². The first-order chi connectivity index (χ1) is 15.0. The Morgan fingerprint density at radius 1 is 1.00 bits per heavy atom. The van der Waals surface area contributed by atoms with Crippen molar-refractivity contribution in [2.75, 3.05) is 19.0 Å². The van der Waals surface area contributed by atoms with E-state index in [-0.39, 0.29) is 10.8 Å². The van der Waals surface area contributed by atoms with E-state index in [1.165, 1.54) is 0 Å². The quantitative estimate of drug-likeness (QED) is 0.356. The third-order valence-electron chi connectivity index (χ3n) is 5.07. The lowest BCUT2D eigenvalue weighted by Crippen LogP contribution is -2.27. The van der Waals surface area contributed by atoms with Crippen LogP contribution in [0.4, 0.5) is 5.82 Å². The number of fused-ring (bicyclic) bond motifs is 1. The molecule has 6 heteroatoms. The fourth-order valence-electron chi connectivity index (χ4n) is 4.25. The number of aromatic nitrogens is 2. The zero-order chi connectivity index (χ0) is 23.5. The van der Waals surface area contributed by atoms with Crippen molar-refractivity contribution < 1.29 is 9.47 Å². The molecule has 1 heterocycles. The summed E-state index contributed by atoms with van der Waals surface area (Å²) in [5.41, 5.74) is 2.27. The van der Waals surface area contributed by atoms with Gasteiger partial charge in [0.25, 0.3) is 0 Å². The number of benzene rings is 2. The molecular formula is C26H34BrN3O2. The van der Waals surface area contributed by atoms with E-state index in [4.69, 9.17) is 9.47 Å². The van der Waals surface area contributed by atoms with Gasteiger partial charge in [0.15, 0.2) is 11.5 Å². The maximum absolute atomic E-state index is 6.26. The molecule has 0 fully saturated rings. The molecule has 0 amide bonds. The van der Waals surface area contributed by atoms with Crippen LogP contribution in [-0.2, 0) is 6.54 Å². The molecule has 0 unspecified atom stereocenters. The zero-order valence-corrected chi connectivity index (χ0v) is 21.8. The SMILES string of the molecule is COc1cc2c(NCc3cccc(Br)c3)nc(C)nc2cc1OCC(C)(C)CC(C)(C)C. The van der Waals surface area contributed by atoms with E-state index in [9.17, 15) is 0 Å². The van der Waals surface area contributed by atoms with Crippen LogP contribution in [0.2, 0.25) is 0 Å². The minimum Gasteiger partial charge on any atom is -0.493 e. The number of methoxy groups -OCH3 is 1. The maximum Gasteiger partial charge on any atom is 0.163 e. The Kier molecular flexibility index (Phi) is 7.33. The average Bonchev–Trinajstić information content (AvgIpc) is 2.68. The van der Waals surface area contributed by atoms with Gasteiger partial charge in [0, 0.05) is 22.5 Å². The van der Waals surface area contributed by atoms with E-state index in [1.54, 1.807) is 7.11 Å². The molecule has 5 nitrogen and oxygen atoms in total. The second kappa shape index (κ2) is 9.65. The number of halogens is 1. The molecule has 0 aliphatic heterocycles. The Labute approximate surface area is 200 Å². The lowest BCUT2D eigenvalue weighted by Gasteiger charge is -2.32. The van der Waals surface area contributed by atoms with Crippen molar-refractivity contribution >= 4 is 32.7 Å². The van der Waals surface area contributed by atoms with Crippen molar-refractivity contribution in [3.05, 3.63) is 52.3 Å². The molecule has 32 heavy (non-hydrogen) atoms. The number of aryl methyl sites for hydroxylation is 1. The second-order valence-electron chi connectivity index (χ2n) is 10.3. The van der Waals surface area contributed by atoms with E-state index < -0.39 is 0 Å². The van der Waals surface area contributed by atoms with Crippen LogP contribution in [0, 0.1) is 17.8 Å². The van der Waals surface area contributed by atoms with Crippen LogP contribution in [-0.4, -0.2) is 23.7 Å². The van der Waals surface area contributed by atoms with Crippen molar-refractivity contribution in [2.24, 2.45) is 10.8 Å². The molecule has 3 rings (SSSR count). The van der Waals surface area contributed by atoms with E-state index in [1.807, 2.05) is 31.2 Å². The second-order valence-corrected chi connectivity index (χ2v) is 11.2. The Balaban J connectivity index is 1.88. The molecule has 0 saturated carbocycles. The van der Waals surface area contributed by atoms with Gasteiger partial charge in [0.05, 0.1) is 19.2 Å². The minimum absolute atomic E-state index is 0.0382. The highest BCUT2D eigenvalue weighted by molar-refractivity contribution is 9.10. The molecule has 0 bridgehead atoms. The van der Waals surface area contributed by atoms with Crippen molar-refractivity contribution in [2.45, 2.75) is 54.5 Å². The molecule has 0 aliphatic rings. The molecule has 3 aromatic rings. The van der Waals surface area contributed by atoms with Crippen LogP contribution in [0.3, 0.4) is 0 Å². The van der Waals surface area contributed by atoms with E-state index >= 15 is 0 Å². The van der Waals surface area contributed by atoms with E-state index in [2.05, 4.69) is 78.0 Å². The highest BCUT2D eigenvalue weighted by Gasteiger charge is 2.27. The van der Waals surface area contributed by atoms with Crippen LogP contribution in [0.25, 0.3) is 10.9 Å². The third-order valence-corrected chi connectivity index (χ3v) is 5.56. The van der Waals surface area contributed by atoms with Crippen molar-refractivity contribution in [3.8, 4) is 11.5 Å². The summed E-state index contributed by atoms with van der Waals surface area (Å²) in [4.78, 5) is 9.29. The van der Waals surface area contributed by atoms with Crippen molar-refractivity contribution in [3.63, 3.8) is 0 Å². The molecular weight excluding hydrogens is 466 g/mol. The first-order valence-electron chi connectivity index (χ1n) is 10.9. The first kappa shape index (κ1) is 24.3. The fourth-order valence-corrected chi connectivity index (χ4v) is 4.70. The van der Waals surface area contributed by atoms with Crippen LogP contribution in [0.15, 0.2) is 40.9 Å². The fraction of sp³-hybridized carbons (Fsp3) is 0.462.